The lowest BCUT2D eigenvalue weighted by molar-refractivity contribution is -0.145. The van der Waals surface area contributed by atoms with Crippen LogP contribution in [0.3, 0.4) is 0 Å². The maximum absolute atomic E-state index is 12.6. The molecule has 0 aliphatic carbocycles. The van der Waals surface area contributed by atoms with Crippen molar-refractivity contribution in [3.63, 3.8) is 0 Å². The summed E-state index contributed by atoms with van der Waals surface area (Å²) >= 11 is 8.77. The number of amides is 1. The molecule has 122 valence electrons. The summed E-state index contributed by atoms with van der Waals surface area (Å²) in [6.07, 6.45) is 0.486. The number of aromatic nitrogens is 1. The van der Waals surface area contributed by atoms with Crippen LogP contribution in [-0.4, -0.2) is 40.0 Å². The topological polar surface area (TPSA) is 70.5 Å². The Morgan fingerprint density at radius 3 is 2.83 bits per heavy atom. The Balaban J connectivity index is 1.72. The Kier molecular flexibility index (Phi) is 4.70. The van der Waals surface area contributed by atoms with Gasteiger partial charge in [-0.2, -0.15) is 0 Å². The smallest absolute Gasteiger partial charge is 0.306 e. The van der Waals surface area contributed by atoms with Gasteiger partial charge in [0, 0.05) is 18.5 Å². The zero-order valence-corrected chi connectivity index (χ0v) is 14.7. The van der Waals surface area contributed by atoms with Gasteiger partial charge in [0.2, 0.25) is 0 Å². The third-order valence-electron chi connectivity index (χ3n) is 4.02. The number of carbonyl (C=O) groups is 2. The molecule has 0 spiro atoms. The number of aliphatic carboxylic acids is 1. The molecule has 23 heavy (non-hydrogen) atoms. The van der Waals surface area contributed by atoms with Gasteiger partial charge >= 0.3 is 5.97 Å². The van der Waals surface area contributed by atoms with Crippen LogP contribution in [0.2, 0.25) is 4.34 Å². The van der Waals surface area contributed by atoms with Gasteiger partial charge < -0.3 is 10.0 Å². The number of likely N-dealkylation sites (tertiary alicyclic amines) is 1. The van der Waals surface area contributed by atoms with Crippen LogP contribution in [0, 0.1) is 11.8 Å². The van der Waals surface area contributed by atoms with E-state index in [2.05, 4.69) is 4.98 Å². The summed E-state index contributed by atoms with van der Waals surface area (Å²) in [7, 11) is 0. The number of nitrogens with zero attached hydrogens (tertiary/aromatic N) is 2. The molecule has 0 bridgehead atoms. The van der Waals surface area contributed by atoms with Crippen LogP contribution in [0.25, 0.3) is 9.88 Å². The van der Waals surface area contributed by atoms with Gasteiger partial charge in [-0.3, -0.25) is 9.59 Å². The zero-order chi connectivity index (χ0) is 16.6. The minimum absolute atomic E-state index is 0.0561. The first-order valence-electron chi connectivity index (χ1n) is 7.19. The molecular weight excluding hydrogens is 356 g/mol. The van der Waals surface area contributed by atoms with Crippen LogP contribution in [0.15, 0.2) is 17.5 Å². The maximum Gasteiger partial charge on any atom is 0.306 e. The van der Waals surface area contributed by atoms with Crippen molar-refractivity contribution in [2.45, 2.75) is 13.3 Å². The molecule has 0 radical (unpaired) electrons. The second kappa shape index (κ2) is 6.59. The summed E-state index contributed by atoms with van der Waals surface area (Å²) in [5, 5.41) is 11.7. The number of carbonyl (C=O) groups excluding carboxylic acids is 1. The summed E-state index contributed by atoms with van der Waals surface area (Å²) in [6, 6.07) is 3.70. The van der Waals surface area contributed by atoms with Crippen molar-refractivity contribution < 1.29 is 14.7 Å². The molecule has 3 rings (SSSR count). The predicted molar refractivity (Wildman–Crippen MR) is 91.2 cm³/mol. The van der Waals surface area contributed by atoms with Gasteiger partial charge in [-0.05, 0) is 24.5 Å². The van der Waals surface area contributed by atoms with Crippen molar-refractivity contribution in [1.29, 1.82) is 0 Å². The largest absolute Gasteiger partial charge is 0.481 e. The number of hydrogen-bond donors (Lipinski definition) is 1. The van der Waals surface area contributed by atoms with Gasteiger partial charge in [0.25, 0.3) is 5.91 Å². The standard InChI is InChI=1S/C15H15ClN2O3S2/c1-8-6-18(5-4-9(8)15(20)21)14(19)10-7-22-13(17-10)11-2-3-12(16)23-11/h2-3,7-9H,4-6H2,1H3,(H,20,21). The summed E-state index contributed by atoms with van der Waals surface area (Å²) in [5.41, 5.74) is 0.412. The van der Waals surface area contributed by atoms with E-state index in [-0.39, 0.29) is 17.7 Å². The van der Waals surface area contributed by atoms with E-state index in [4.69, 9.17) is 16.7 Å². The fraction of sp³-hybridized carbons (Fsp3) is 0.400. The molecule has 2 aromatic rings. The molecule has 1 aliphatic rings. The number of rotatable bonds is 3. The molecule has 2 unspecified atom stereocenters. The molecule has 1 aliphatic heterocycles. The van der Waals surface area contributed by atoms with Crippen LogP contribution in [0.5, 0.6) is 0 Å². The Labute approximate surface area is 146 Å². The molecule has 2 aromatic heterocycles. The van der Waals surface area contributed by atoms with Crippen molar-refractivity contribution >= 4 is 46.2 Å². The van der Waals surface area contributed by atoms with Crippen molar-refractivity contribution in [3.05, 3.63) is 27.5 Å². The lowest BCUT2D eigenvalue weighted by atomic mass is 9.87. The highest BCUT2D eigenvalue weighted by molar-refractivity contribution is 7.23. The fourth-order valence-electron chi connectivity index (χ4n) is 2.77. The van der Waals surface area contributed by atoms with Crippen molar-refractivity contribution in [2.24, 2.45) is 11.8 Å². The SMILES string of the molecule is CC1CN(C(=O)c2csc(-c3ccc(Cl)s3)n2)CCC1C(=O)O. The monoisotopic (exact) mass is 370 g/mol. The number of carboxylic acids is 1. The number of thiophene rings is 1. The second-order valence-electron chi connectivity index (χ2n) is 5.60. The highest BCUT2D eigenvalue weighted by Crippen LogP contribution is 2.33. The van der Waals surface area contributed by atoms with Gasteiger partial charge in [-0.25, -0.2) is 4.98 Å². The minimum atomic E-state index is -0.782. The van der Waals surface area contributed by atoms with E-state index >= 15 is 0 Å². The Morgan fingerprint density at radius 1 is 1.43 bits per heavy atom. The molecule has 3 heterocycles. The average Bonchev–Trinajstić information content (AvgIpc) is 3.14. The molecule has 0 aromatic carbocycles. The summed E-state index contributed by atoms with van der Waals surface area (Å²) in [4.78, 5) is 30.8. The van der Waals surface area contributed by atoms with Crippen molar-refractivity contribution in [1.82, 2.24) is 9.88 Å². The van der Waals surface area contributed by atoms with E-state index in [0.29, 0.717) is 29.5 Å². The minimum Gasteiger partial charge on any atom is -0.481 e. The maximum atomic E-state index is 12.6. The van der Waals surface area contributed by atoms with Gasteiger partial charge in [0.1, 0.15) is 10.7 Å². The van der Waals surface area contributed by atoms with E-state index in [9.17, 15) is 9.59 Å². The number of carboxylic acid groups (broad SMARTS) is 1. The highest BCUT2D eigenvalue weighted by Gasteiger charge is 2.33. The van der Waals surface area contributed by atoms with E-state index < -0.39 is 5.97 Å². The summed E-state index contributed by atoms with van der Waals surface area (Å²) < 4.78 is 0.688. The number of hydrogen-bond acceptors (Lipinski definition) is 5. The van der Waals surface area contributed by atoms with E-state index in [1.165, 1.54) is 22.7 Å². The Hall–Kier alpha value is -1.44. The number of piperidine rings is 1. The predicted octanol–water partition coefficient (Wildman–Crippen LogP) is 3.71. The molecule has 1 saturated heterocycles. The first-order valence-corrected chi connectivity index (χ1v) is 9.26. The number of thiazole rings is 1. The Bertz CT molecular complexity index is 743. The van der Waals surface area contributed by atoms with Crippen LogP contribution in [0.1, 0.15) is 23.8 Å². The van der Waals surface area contributed by atoms with Crippen LogP contribution < -0.4 is 0 Å². The first kappa shape index (κ1) is 16.4. The van der Waals surface area contributed by atoms with Crippen LogP contribution in [-0.2, 0) is 4.79 Å². The van der Waals surface area contributed by atoms with Gasteiger partial charge in [0.15, 0.2) is 0 Å². The quantitative estimate of drug-likeness (QED) is 0.894. The Morgan fingerprint density at radius 2 is 2.22 bits per heavy atom. The van der Waals surface area contributed by atoms with E-state index in [1.54, 1.807) is 10.3 Å². The third-order valence-corrected chi connectivity index (χ3v) is 6.26. The molecule has 0 saturated carbocycles. The zero-order valence-electron chi connectivity index (χ0n) is 12.4. The molecule has 5 nitrogen and oxygen atoms in total. The van der Waals surface area contributed by atoms with Gasteiger partial charge in [-0.1, -0.05) is 18.5 Å². The van der Waals surface area contributed by atoms with Crippen molar-refractivity contribution in [2.75, 3.05) is 13.1 Å². The summed E-state index contributed by atoms with van der Waals surface area (Å²) in [5.74, 6) is -1.35. The summed E-state index contributed by atoms with van der Waals surface area (Å²) in [6.45, 7) is 2.78. The number of halogens is 1. The average molecular weight is 371 g/mol. The van der Waals surface area contributed by atoms with Crippen LogP contribution >= 0.6 is 34.3 Å². The molecule has 1 fully saturated rings. The van der Waals surface area contributed by atoms with E-state index in [1.807, 2.05) is 19.1 Å². The molecule has 2 atom stereocenters. The normalized spacial score (nSPS) is 21.4. The molecule has 1 amide bonds. The van der Waals surface area contributed by atoms with E-state index in [0.717, 1.165) is 9.88 Å². The lowest BCUT2D eigenvalue weighted by Crippen LogP contribution is -2.45. The molecule has 1 N–H and O–H groups in total. The lowest BCUT2D eigenvalue weighted by Gasteiger charge is -2.34. The van der Waals surface area contributed by atoms with Crippen LogP contribution in [0.4, 0.5) is 0 Å². The van der Waals surface area contributed by atoms with Gasteiger partial charge in [-0.15, -0.1) is 22.7 Å². The first-order chi connectivity index (χ1) is 11.0. The second-order valence-corrected chi connectivity index (χ2v) is 8.18. The van der Waals surface area contributed by atoms with Crippen molar-refractivity contribution in [3.8, 4) is 9.88 Å². The molecular formula is C15H15ClN2O3S2. The van der Waals surface area contributed by atoms with Gasteiger partial charge in [0.05, 0.1) is 15.1 Å². The highest BCUT2D eigenvalue weighted by atomic mass is 35.5. The molecule has 8 heteroatoms. The fourth-order valence-corrected chi connectivity index (χ4v) is 4.68. The third kappa shape index (κ3) is 3.41.